The zero-order chi connectivity index (χ0) is 13.1. The van der Waals surface area contributed by atoms with Crippen LogP contribution in [0.25, 0.3) is 11.0 Å². The summed E-state index contributed by atoms with van der Waals surface area (Å²) in [6.45, 7) is 0. The third-order valence-electron chi connectivity index (χ3n) is 2.74. The van der Waals surface area contributed by atoms with Crippen molar-refractivity contribution in [3.8, 4) is 11.8 Å². The van der Waals surface area contributed by atoms with Crippen molar-refractivity contribution in [1.82, 2.24) is 0 Å². The first-order valence-electron chi connectivity index (χ1n) is 5.93. The second-order valence-corrected chi connectivity index (χ2v) is 4.09. The van der Waals surface area contributed by atoms with Gasteiger partial charge in [0.2, 0.25) is 0 Å². The Morgan fingerprint density at radius 1 is 0.842 bits per heavy atom. The van der Waals surface area contributed by atoms with Gasteiger partial charge in [-0.1, -0.05) is 36.3 Å². The van der Waals surface area contributed by atoms with Crippen LogP contribution in [0.5, 0.6) is 0 Å². The van der Waals surface area contributed by atoms with E-state index in [4.69, 9.17) is 4.42 Å². The molecular weight excluding hydrogens is 236 g/mol. The fourth-order valence-electron chi connectivity index (χ4n) is 1.82. The van der Waals surface area contributed by atoms with Gasteiger partial charge in [-0.3, -0.25) is 4.79 Å². The van der Waals surface area contributed by atoms with E-state index < -0.39 is 0 Å². The highest BCUT2D eigenvalue weighted by atomic mass is 16.3. The minimum absolute atomic E-state index is 0.0702. The first-order chi connectivity index (χ1) is 9.33. The fraction of sp³-hybridized carbons (Fsp3) is 0. The van der Waals surface area contributed by atoms with Crippen LogP contribution < -0.4 is 5.43 Å². The molecule has 2 nitrogen and oxygen atoms in total. The Balaban J connectivity index is 2.08. The van der Waals surface area contributed by atoms with E-state index in [-0.39, 0.29) is 5.43 Å². The van der Waals surface area contributed by atoms with E-state index in [0.717, 1.165) is 5.56 Å². The van der Waals surface area contributed by atoms with Gasteiger partial charge in [0.15, 0.2) is 11.2 Å². The number of rotatable bonds is 0. The summed E-state index contributed by atoms with van der Waals surface area (Å²) >= 11 is 0. The molecule has 2 aromatic carbocycles. The molecule has 2 heteroatoms. The predicted molar refractivity (Wildman–Crippen MR) is 74.9 cm³/mol. The molecule has 1 aromatic heterocycles. The molecule has 1 heterocycles. The molecule has 0 radical (unpaired) electrons. The van der Waals surface area contributed by atoms with E-state index in [1.165, 1.54) is 6.07 Å². The molecule has 0 saturated heterocycles. The quantitative estimate of drug-likeness (QED) is 0.570. The number of para-hydroxylation sites is 1. The Morgan fingerprint density at radius 3 is 2.42 bits per heavy atom. The van der Waals surface area contributed by atoms with Crippen molar-refractivity contribution in [3.63, 3.8) is 0 Å². The van der Waals surface area contributed by atoms with Crippen molar-refractivity contribution in [2.45, 2.75) is 0 Å². The molecule has 0 unspecified atom stereocenters. The second kappa shape index (κ2) is 4.83. The first-order valence-corrected chi connectivity index (χ1v) is 5.93. The standard InChI is InChI=1S/C17H10O2/c18-16-12-14(11-10-13-6-2-1-3-7-13)19-17-9-5-4-8-15(16)17/h1-9,12H. The molecule has 0 N–H and O–H groups in total. The summed E-state index contributed by atoms with van der Waals surface area (Å²) < 4.78 is 5.59. The Hall–Kier alpha value is -2.79. The molecular formula is C17H10O2. The highest BCUT2D eigenvalue weighted by Crippen LogP contribution is 2.10. The van der Waals surface area contributed by atoms with Gasteiger partial charge in [0, 0.05) is 11.6 Å². The second-order valence-electron chi connectivity index (χ2n) is 4.09. The lowest BCUT2D eigenvalue weighted by molar-refractivity contribution is 0.588. The number of fused-ring (bicyclic) bond motifs is 1. The highest BCUT2D eigenvalue weighted by Gasteiger charge is 2.01. The lowest BCUT2D eigenvalue weighted by Gasteiger charge is -1.96. The zero-order valence-corrected chi connectivity index (χ0v) is 10.1. The molecule has 0 atom stereocenters. The Kier molecular flexibility index (Phi) is 2.88. The molecule has 0 spiro atoms. The van der Waals surface area contributed by atoms with Crippen molar-refractivity contribution < 1.29 is 4.42 Å². The van der Waals surface area contributed by atoms with Gasteiger partial charge in [-0.2, -0.15) is 0 Å². The van der Waals surface area contributed by atoms with Crippen LogP contribution in [-0.2, 0) is 0 Å². The van der Waals surface area contributed by atoms with E-state index in [9.17, 15) is 4.79 Å². The Labute approximate surface area is 110 Å². The van der Waals surface area contributed by atoms with E-state index in [1.54, 1.807) is 12.1 Å². The van der Waals surface area contributed by atoms with Crippen LogP contribution in [0, 0.1) is 11.8 Å². The minimum atomic E-state index is -0.0702. The van der Waals surface area contributed by atoms with E-state index in [1.807, 2.05) is 42.5 Å². The molecule has 0 aliphatic heterocycles. The minimum Gasteiger partial charge on any atom is -0.447 e. The first kappa shape index (κ1) is 11.3. The van der Waals surface area contributed by atoms with Gasteiger partial charge in [0.05, 0.1) is 5.39 Å². The smallest absolute Gasteiger partial charge is 0.193 e. The van der Waals surface area contributed by atoms with Gasteiger partial charge >= 0.3 is 0 Å². The molecule has 3 aromatic rings. The third-order valence-corrected chi connectivity index (χ3v) is 2.74. The van der Waals surface area contributed by atoms with Crippen molar-refractivity contribution in [1.29, 1.82) is 0 Å². The summed E-state index contributed by atoms with van der Waals surface area (Å²) in [4.78, 5) is 11.9. The van der Waals surface area contributed by atoms with Crippen LogP contribution in [0.1, 0.15) is 11.3 Å². The average molecular weight is 246 g/mol. The number of hydrogen-bond donors (Lipinski definition) is 0. The molecule has 0 amide bonds. The SMILES string of the molecule is O=c1cc(C#Cc2ccccc2)oc2ccccc12. The lowest BCUT2D eigenvalue weighted by atomic mass is 10.2. The molecule has 0 bridgehead atoms. The normalized spacial score (nSPS) is 9.89. The molecule has 19 heavy (non-hydrogen) atoms. The zero-order valence-electron chi connectivity index (χ0n) is 10.1. The summed E-state index contributed by atoms with van der Waals surface area (Å²) in [7, 11) is 0. The van der Waals surface area contributed by atoms with Gasteiger partial charge in [0.25, 0.3) is 0 Å². The summed E-state index contributed by atoms with van der Waals surface area (Å²) in [6.07, 6.45) is 0. The van der Waals surface area contributed by atoms with Gasteiger partial charge in [0.1, 0.15) is 5.58 Å². The monoisotopic (exact) mass is 246 g/mol. The average Bonchev–Trinajstić information content (AvgIpc) is 2.46. The Bertz CT molecular complexity index is 834. The van der Waals surface area contributed by atoms with Crippen LogP contribution in [-0.4, -0.2) is 0 Å². The number of hydrogen-bond acceptors (Lipinski definition) is 2. The van der Waals surface area contributed by atoms with Gasteiger partial charge < -0.3 is 4.42 Å². The molecule has 90 valence electrons. The predicted octanol–water partition coefficient (Wildman–Crippen LogP) is 3.19. The van der Waals surface area contributed by atoms with Crippen molar-refractivity contribution >= 4 is 11.0 Å². The van der Waals surface area contributed by atoms with Crippen LogP contribution in [0.15, 0.2) is 69.9 Å². The van der Waals surface area contributed by atoms with Crippen molar-refractivity contribution in [2.24, 2.45) is 0 Å². The van der Waals surface area contributed by atoms with Gasteiger partial charge in [-0.25, -0.2) is 0 Å². The molecule has 3 rings (SSSR count). The third kappa shape index (κ3) is 2.41. The molecule has 0 aliphatic rings. The lowest BCUT2D eigenvalue weighted by Crippen LogP contribution is -2.00. The molecule has 0 fully saturated rings. The summed E-state index contributed by atoms with van der Waals surface area (Å²) in [5.41, 5.74) is 1.38. The summed E-state index contributed by atoms with van der Waals surface area (Å²) in [5, 5.41) is 0.577. The topological polar surface area (TPSA) is 30.2 Å². The molecule has 0 saturated carbocycles. The van der Waals surface area contributed by atoms with Crippen LogP contribution in [0.4, 0.5) is 0 Å². The summed E-state index contributed by atoms with van der Waals surface area (Å²) in [5.74, 6) is 6.23. The van der Waals surface area contributed by atoms with E-state index in [0.29, 0.717) is 16.7 Å². The maximum Gasteiger partial charge on any atom is 0.193 e. The van der Waals surface area contributed by atoms with Crippen LogP contribution in [0.3, 0.4) is 0 Å². The maximum absolute atomic E-state index is 11.9. The number of benzene rings is 2. The van der Waals surface area contributed by atoms with Gasteiger partial charge in [-0.15, -0.1) is 0 Å². The summed E-state index contributed by atoms with van der Waals surface area (Å²) in [6, 6.07) is 18.2. The molecule has 0 aliphatic carbocycles. The van der Waals surface area contributed by atoms with E-state index in [2.05, 4.69) is 11.8 Å². The van der Waals surface area contributed by atoms with Crippen LogP contribution >= 0.6 is 0 Å². The van der Waals surface area contributed by atoms with Crippen molar-refractivity contribution in [2.75, 3.05) is 0 Å². The van der Waals surface area contributed by atoms with Crippen LogP contribution in [0.2, 0.25) is 0 Å². The fourth-order valence-corrected chi connectivity index (χ4v) is 1.82. The van der Waals surface area contributed by atoms with Gasteiger partial charge in [-0.05, 0) is 30.2 Å². The highest BCUT2D eigenvalue weighted by molar-refractivity contribution is 5.76. The van der Waals surface area contributed by atoms with Crippen molar-refractivity contribution in [3.05, 3.63) is 82.2 Å². The van der Waals surface area contributed by atoms with E-state index >= 15 is 0 Å². The Morgan fingerprint density at radius 2 is 1.58 bits per heavy atom. The maximum atomic E-state index is 11.9. The largest absolute Gasteiger partial charge is 0.447 e.